The molecule has 0 spiro atoms. The molecule has 0 saturated heterocycles. The van der Waals surface area contributed by atoms with E-state index in [0.29, 0.717) is 5.92 Å². The lowest BCUT2D eigenvalue weighted by atomic mass is 9.84. The van der Waals surface area contributed by atoms with E-state index in [1.165, 1.54) is 32.8 Å². The van der Waals surface area contributed by atoms with E-state index in [4.69, 9.17) is 0 Å². The van der Waals surface area contributed by atoms with Crippen LogP contribution in [0.3, 0.4) is 0 Å². The predicted molar refractivity (Wildman–Crippen MR) is 53.9 cm³/mol. The van der Waals surface area contributed by atoms with Crippen LogP contribution in [0.5, 0.6) is 0 Å². The smallest absolute Gasteiger partial charge is 0.407 e. The molecular weight excluding hydrogens is 178 g/mol. The van der Waals surface area contributed by atoms with Gasteiger partial charge in [0.2, 0.25) is 0 Å². The van der Waals surface area contributed by atoms with Gasteiger partial charge in [-0.3, -0.25) is 0 Å². The number of methoxy groups -OCH3 is 1. The summed E-state index contributed by atoms with van der Waals surface area (Å²) in [5, 5.41) is 2.90. The number of amides is 1. The van der Waals surface area contributed by atoms with Gasteiger partial charge in [-0.2, -0.15) is 0 Å². The summed E-state index contributed by atoms with van der Waals surface area (Å²) in [6.07, 6.45) is 5.17. The zero-order valence-corrected chi connectivity index (χ0v) is 8.95. The maximum atomic E-state index is 11.1. The summed E-state index contributed by atoms with van der Waals surface area (Å²) in [5.74, 6) is 2.48. The van der Waals surface area contributed by atoms with Crippen LogP contribution < -0.4 is 5.32 Å². The molecule has 2 aliphatic rings. The van der Waals surface area contributed by atoms with Gasteiger partial charge in [-0.1, -0.05) is 6.42 Å². The second kappa shape index (κ2) is 3.79. The van der Waals surface area contributed by atoms with Gasteiger partial charge in [0, 0.05) is 6.04 Å². The summed E-state index contributed by atoms with van der Waals surface area (Å²) in [6.45, 7) is 2.10. The Morgan fingerprint density at radius 1 is 1.43 bits per heavy atom. The molecule has 0 unspecified atom stereocenters. The van der Waals surface area contributed by atoms with Crippen molar-refractivity contribution < 1.29 is 9.53 Å². The Labute approximate surface area is 85.2 Å². The zero-order valence-electron chi connectivity index (χ0n) is 8.95. The van der Waals surface area contributed by atoms with Gasteiger partial charge in [-0.15, -0.1) is 0 Å². The normalized spacial score (nSPS) is 36.9. The van der Waals surface area contributed by atoms with Gasteiger partial charge in [0.25, 0.3) is 0 Å². The van der Waals surface area contributed by atoms with Crippen molar-refractivity contribution >= 4 is 6.09 Å². The molecule has 14 heavy (non-hydrogen) atoms. The Kier molecular flexibility index (Phi) is 2.66. The highest BCUT2D eigenvalue weighted by Gasteiger charge is 2.42. The molecule has 0 aromatic carbocycles. The highest BCUT2D eigenvalue weighted by Crippen LogP contribution is 2.49. The lowest BCUT2D eigenvalue weighted by Gasteiger charge is -2.27. The minimum atomic E-state index is -0.291. The van der Waals surface area contributed by atoms with E-state index in [-0.39, 0.29) is 12.1 Å². The molecule has 0 aromatic heterocycles. The third-order valence-corrected chi connectivity index (χ3v) is 3.97. The number of fused-ring (bicyclic) bond motifs is 2. The zero-order chi connectivity index (χ0) is 10.1. The number of nitrogens with one attached hydrogen (secondary N) is 1. The van der Waals surface area contributed by atoms with Crippen LogP contribution in [0.2, 0.25) is 0 Å². The molecule has 2 aliphatic carbocycles. The topological polar surface area (TPSA) is 38.3 Å². The van der Waals surface area contributed by atoms with Crippen molar-refractivity contribution in [1.29, 1.82) is 0 Å². The Morgan fingerprint density at radius 2 is 2.21 bits per heavy atom. The van der Waals surface area contributed by atoms with Gasteiger partial charge >= 0.3 is 6.09 Å². The van der Waals surface area contributed by atoms with Crippen LogP contribution in [-0.4, -0.2) is 19.2 Å². The number of carbonyl (C=O) groups is 1. The highest BCUT2D eigenvalue weighted by atomic mass is 16.5. The predicted octanol–water partition coefficient (Wildman–Crippen LogP) is 2.17. The van der Waals surface area contributed by atoms with E-state index in [9.17, 15) is 4.79 Å². The summed E-state index contributed by atoms with van der Waals surface area (Å²) in [6, 6.07) is 0.276. The van der Waals surface area contributed by atoms with E-state index in [2.05, 4.69) is 17.0 Å². The molecule has 4 atom stereocenters. The Hall–Kier alpha value is -0.730. The fraction of sp³-hybridized carbons (Fsp3) is 0.909. The van der Waals surface area contributed by atoms with Crippen LogP contribution in [0.4, 0.5) is 4.79 Å². The van der Waals surface area contributed by atoms with Crippen molar-refractivity contribution in [2.45, 2.75) is 38.6 Å². The maximum absolute atomic E-state index is 11.1. The van der Waals surface area contributed by atoms with Gasteiger partial charge in [0.05, 0.1) is 7.11 Å². The van der Waals surface area contributed by atoms with Gasteiger partial charge in [-0.05, 0) is 43.9 Å². The first-order chi connectivity index (χ1) is 6.70. The number of hydrogen-bond donors (Lipinski definition) is 1. The molecule has 2 rings (SSSR count). The van der Waals surface area contributed by atoms with Crippen LogP contribution in [0.15, 0.2) is 0 Å². The van der Waals surface area contributed by atoms with Crippen LogP contribution in [0, 0.1) is 17.8 Å². The quantitative estimate of drug-likeness (QED) is 0.736. The number of alkyl carbamates (subject to hydrolysis) is 1. The van der Waals surface area contributed by atoms with E-state index in [1.807, 2.05) is 0 Å². The minimum absolute atomic E-state index is 0.276. The maximum Gasteiger partial charge on any atom is 0.407 e. The molecule has 3 heteroatoms. The fourth-order valence-electron chi connectivity index (χ4n) is 3.26. The Balaban J connectivity index is 1.86. The van der Waals surface area contributed by atoms with Crippen molar-refractivity contribution in [2.75, 3.05) is 7.11 Å². The lowest BCUT2D eigenvalue weighted by Crippen LogP contribution is -2.39. The average molecular weight is 197 g/mol. The van der Waals surface area contributed by atoms with Crippen molar-refractivity contribution in [3.8, 4) is 0 Å². The molecular formula is C11H19NO2. The lowest BCUT2D eigenvalue weighted by molar-refractivity contribution is 0.157. The molecule has 0 heterocycles. The van der Waals surface area contributed by atoms with Crippen molar-refractivity contribution in [3.63, 3.8) is 0 Å². The molecule has 3 nitrogen and oxygen atoms in total. The first kappa shape index (κ1) is 9.81. The number of rotatable bonds is 2. The SMILES string of the molecule is COC(=O)N[C@@H](C)[C@H]1C[C@H]2CC[C@H]1C2. The molecule has 0 radical (unpaired) electrons. The van der Waals surface area contributed by atoms with E-state index in [0.717, 1.165) is 11.8 Å². The van der Waals surface area contributed by atoms with Crippen LogP contribution in [0.1, 0.15) is 32.6 Å². The van der Waals surface area contributed by atoms with Crippen molar-refractivity contribution in [3.05, 3.63) is 0 Å². The summed E-state index contributed by atoms with van der Waals surface area (Å²) in [5.41, 5.74) is 0. The second-order valence-corrected chi connectivity index (χ2v) is 4.76. The largest absolute Gasteiger partial charge is 0.453 e. The molecule has 2 bridgehead atoms. The third-order valence-electron chi connectivity index (χ3n) is 3.97. The van der Waals surface area contributed by atoms with Crippen molar-refractivity contribution in [2.24, 2.45) is 17.8 Å². The molecule has 2 saturated carbocycles. The molecule has 0 aromatic rings. The standard InChI is InChI=1S/C11H19NO2/c1-7(12-11(13)14-2)10-6-8-3-4-9(10)5-8/h7-10H,3-6H2,1-2H3,(H,12,13)/t7-,8-,9-,10+/m0/s1. The second-order valence-electron chi connectivity index (χ2n) is 4.76. The summed E-state index contributed by atoms with van der Waals surface area (Å²) < 4.78 is 4.61. The van der Waals surface area contributed by atoms with Crippen LogP contribution >= 0.6 is 0 Å². The number of hydrogen-bond acceptors (Lipinski definition) is 2. The first-order valence-corrected chi connectivity index (χ1v) is 5.55. The van der Waals surface area contributed by atoms with E-state index >= 15 is 0 Å². The van der Waals surface area contributed by atoms with Gasteiger partial charge in [0.15, 0.2) is 0 Å². The minimum Gasteiger partial charge on any atom is -0.453 e. The summed E-state index contributed by atoms with van der Waals surface area (Å²) >= 11 is 0. The monoisotopic (exact) mass is 197 g/mol. The highest BCUT2D eigenvalue weighted by molar-refractivity contribution is 5.67. The van der Waals surface area contributed by atoms with Crippen LogP contribution in [-0.2, 0) is 4.74 Å². The van der Waals surface area contributed by atoms with Crippen molar-refractivity contribution in [1.82, 2.24) is 5.32 Å². The van der Waals surface area contributed by atoms with Crippen LogP contribution in [0.25, 0.3) is 0 Å². The Bertz CT molecular complexity index is 229. The van der Waals surface area contributed by atoms with Gasteiger partial charge < -0.3 is 10.1 Å². The summed E-state index contributed by atoms with van der Waals surface area (Å²) in [4.78, 5) is 11.1. The van der Waals surface area contributed by atoms with Gasteiger partial charge in [0.1, 0.15) is 0 Å². The molecule has 1 N–H and O–H groups in total. The number of ether oxygens (including phenoxy) is 1. The van der Waals surface area contributed by atoms with E-state index < -0.39 is 0 Å². The van der Waals surface area contributed by atoms with Gasteiger partial charge in [-0.25, -0.2) is 4.79 Å². The Morgan fingerprint density at radius 3 is 2.71 bits per heavy atom. The summed E-state index contributed by atoms with van der Waals surface area (Å²) in [7, 11) is 1.42. The number of carbonyl (C=O) groups excluding carboxylic acids is 1. The molecule has 1 amide bonds. The molecule has 80 valence electrons. The average Bonchev–Trinajstić information content (AvgIpc) is 2.78. The third kappa shape index (κ3) is 1.72. The fourth-order valence-corrected chi connectivity index (χ4v) is 3.26. The van der Waals surface area contributed by atoms with E-state index in [1.54, 1.807) is 0 Å². The first-order valence-electron chi connectivity index (χ1n) is 5.55. The molecule has 2 fully saturated rings. The molecule has 0 aliphatic heterocycles.